The number of hydrogen-bond donors (Lipinski definition) is 0. The van der Waals surface area contributed by atoms with Gasteiger partial charge in [0, 0.05) is 21.3 Å². The highest BCUT2D eigenvalue weighted by Crippen LogP contribution is 2.14. The van der Waals surface area contributed by atoms with Crippen LogP contribution in [-0.2, 0) is 0 Å². The van der Waals surface area contributed by atoms with Crippen molar-refractivity contribution in [2.24, 2.45) is 0 Å². The first-order valence-corrected chi connectivity index (χ1v) is 7.40. The Bertz CT molecular complexity index is 645. The number of aromatic nitrogens is 2. The number of para-hydroxylation sites is 1. The van der Waals surface area contributed by atoms with Crippen LogP contribution in [0.15, 0.2) is 54.6 Å². The molecule has 20 heavy (non-hydrogen) atoms. The summed E-state index contributed by atoms with van der Waals surface area (Å²) in [5, 5.41) is 4.52. The maximum absolute atomic E-state index is 8.49. The molecule has 0 aliphatic carbocycles. The van der Waals surface area contributed by atoms with Crippen LogP contribution in [0.1, 0.15) is 0 Å². The quantitative estimate of drug-likeness (QED) is 0.474. The van der Waals surface area contributed by atoms with Gasteiger partial charge < -0.3 is 0 Å². The summed E-state index contributed by atoms with van der Waals surface area (Å²) in [7, 11) is -4.94. The lowest BCUT2D eigenvalue weighted by Gasteiger charge is -2.17. The van der Waals surface area contributed by atoms with E-state index in [1.165, 1.54) is 4.70 Å². The van der Waals surface area contributed by atoms with Gasteiger partial charge in [-0.25, -0.2) is 18.6 Å². The lowest BCUT2D eigenvalue weighted by molar-refractivity contribution is -2.00. The van der Waals surface area contributed by atoms with Crippen LogP contribution in [0.4, 0.5) is 0 Å². The van der Waals surface area contributed by atoms with Gasteiger partial charge in [-0.05, 0) is 12.1 Å². The second-order valence-electron chi connectivity index (χ2n) is 3.65. The van der Waals surface area contributed by atoms with E-state index in [1.54, 1.807) is 11.5 Å². The predicted molar refractivity (Wildman–Crippen MR) is 61.2 cm³/mol. The Hall–Kier alpha value is -1.61. The molecule has 0 aliphatic rings. The summed E-state index contributed by atoms with van der Waals surface area (Å²) in [6.45, 7) is 0. The Labute approximate surface area is 120 Å². The lowest BCUT2D eigenvalue weighted by Crippen LogP contribution is -2.68. The molecule has 0 amide bonds. The second-order valence-corrected chi connectivity index (χ2v) is 5.37. The molecule has 0 unspecified atom stereocenters. The number of benzene rings is 2. The normalized spacial score (nSPS) is 11.0. The molecule has 0 N–H and O–H groups in total. The summed E-state index contributed by atoms with van der Waals surface area (Å²) in [5.41, 5.74) is 2.16. The van der Waals surface area contributed by atoms with Crippen molar-refractivity contribution in [3.05, 3.63) is 54.6 Å². The van der Waals surface area contributed by atoms with E-state index in [0.717, 1.165) is 11.2 Å². The number of rotatable bonds is 1. The van der Waals surface area contributed by atoms with Crippen LogP contribution in [0.25, 0.3) is 15.9 Å². The van der Waals surface area contributed by atoms with Gasteiger partial charge in [0.1, 0.15) is 4.70 Å². The van der Waals surface area contributed by atoms with E-state index in [9.17, 15) is 0 Å². The van der Waals surface area contributed by atoms with Gasteiger partial charge in [0.2, 0.25) is 0 Å². The van der Waals surface area contributed by atoms with Gasteiger partial charge in [0.15, 0.2) is 17.0 Å². The van der Waals surface area contributed by atoms with Crippen molar-refractivity contribution in [2.45, 2.75) is 0 Å². The fourth-order valence-electron chi connectivity index (χ4n) is 1.49. The first-order chi connectivity index (χ1) is 9.43. The van der Waals surface area contributed by atoms with Crippen molar-refractivity contribution in [3.8, 4) is 5.69 Å². The third kappa shape index (κ3) is 4.49. The van der Waals surface area contributed by atoms with Crippen LogP contribution in [-0.4, -0.2) is 5.10 Å². The summed E-state index contributed by atoms with van der Waals surface area (Å²) in [4.78, 5) is 0. The van der Waals surface area contributed by atoms with Gasteiger partial charge in [-0.1, -0.05) is 30.3 Å². The molecule has 3 rings (SSSR count). The zero-order valence-corrected chi connectivity index (χ0v) is 11.6. The van der Waals surface area contributed by atoms with Crippen molar-refractivity contribution in [3.63, 3.8) is 0 Å². The first kappa shape index (κ1) is 14.8. The monoisotopic (exact) mass is 312 g/mol. The van der Waals surface area contributed by atoms with Crippen LogP contribution >= 0.6 is 11.5 Å². The highest BCUT2D eigenvalue weighted by atomic mass is 35.7. The maximum Gasteiger partial charge on any atom is 0.253 e. The van der Waals surface area contributed by atoms with Gasteiger partial charge in [0.25, 0.3) is 5.69 Å². The molecule has 0 fully saturated rings. The summed E-state index contributed by atoms with van der Waals surface area (Å²) < 4.78 is 37.1. The van der Waals surface area contributed by atoms with Crippen LogP contribution in [0.2, 0.25) is 0 Å². The van der Waals surface area contributed by atoms with Crippen molar-refractivity contribution < 1.29 is 33.0 Å². The standard InChI is InChI=1S/C12H9N2S.ClHO4/c1-2-6-10(7-3-1)14-13-11-8-4-5-9-12(11)15-14;2-1(3,4)5/h1-9H;(H,2,3,4,5)/q+1;/p-1. The molecule has 2 aromatic carbocycles. The zero-order valence-electron chi connectivity index (χ0n) is 10.0. The van der Waals surface area contributed by atoms with Crippen molar-refractivity contribution >= 4 is 21.7 Å². The molecular weight excluding hydrogens is 304 g/mol. The topological polar surface area (TPSA) is 109 Å². The predicted octanol–water partition coefficient (Wildman–Crippen LogP) is -2.18. The Morgan fingerprint density at radius 3 is 2.00 bits per heavy atom. The molecule has 1 heterocycles. The maximum atomic E-state index is 8.49. The Morgan fingerprint density at radius 2 is 1.40 bits per heavy atom. The number of hydrogen-bond acceptors (Lipinski definition) is 6. The number of fused-ring (bicyclic) bond motifs is 1. The molecule has 0 aliphatic heterocycles. The minimum Gasteiger partial charge on any atom is -0.222 e. The van der Waals surface area contributed by atoms with Crippen molar-refractivity contribution in [1.82, 2.24) is 5.10 Å². The molecule has 0 spiro atoms. The van der Waals surface area contributed by atoms with Crippen LogP contribution in [0.3, 0.4) is 0 Å². The minimum absolute atomic E-state index is 1.05. The van der Waals surface area contributed by atoms with Crippen LogP contribution < -0.4 is 22.7 Å². The zero-order chi connectivity index (χ0) is 14.6. The molecule has 0 radical (unpaired) electrons. The molecule has 6 nitrogen and oxygen atoms in total. The van der Waals surface area contributed by atoms with Gasteiger partial charge in [-0.15, -0.1) is 10.2 Å². The second kappa shape index (κ2) is 6.23. The van der Waals surface area contributed by atoms with E-state index in [0.29, 0.717) is 0 Å². The van der Waals surface area contributed by atoms with Gasteiger partial charge >= 0.3 is 0 Å². The average Bonchev–Trinajstić information content (AvgIpc) is 2.81. The first-order valence-electron chi connectivity index (χ1n) is 5.39. The highest BCUT2D eigenvalue weighted by molar-refractivity contribution is 7.09. The molecule has 0 bridgehead atoms. The van der Waals surface area contributed by atoms with E-state index in [1.807, 2.05) is 40.5 Å². The van der Waals surface area contributed by atoms with Crippen molar-refractivity contribution in [2.75, 3.05) is 0 Å². The fourth-order valence-corrected chi connectivity index (χ4v) is 2.38. The fraction of sp³-hybridized carbons (Fsp3) is 0. The van der Waals surface area contributed by atoms with Crippen molar-refractivity contribution in [1.29, 1.82) is 0 Å². The van der Waals surface area contributed by atoms with Gasteiger partial charge in [-0.3, -0.25) is 0 Å². The van der Waals surface area contributed by atoms with E-state index >= 15 is 0 Å². The molecule has 1 aromatic heterocycles. The third-order valence-corrected chi connectivity index (χ3v) is 3.23. The molecule has 104 valence electrons. The Kier molecular flexibility index (Phi) is 4.61. The molecule has 0 saturated heterocycles. The highest BCUT2D eigenvalue weighted by Gasteiger charge is 2.13. The van der Waals surface area contributed by atoms with E-state index < -0.39 is 10.2 Å². The Balaban J connectivity index is 0.000000257. The van der Waals surface area contributed by atoms with E-state index in [2.05, 4.69) is 23.3 Å². The summed E-state index contributed by atoms with van der Waals surface area (Å²) in [6.07, 6.45) is 0. The van der Waals surface area contributed by atoms with E-state index in [4.69, 9.17) is 18.6 Å². The number of nitrogens with zero attached hydrogens (tertiary/aromatic N) is 2. The molecule has 3 aromatic rings. The Morgan fingerprint density at radius 1 is 0.850 bits per heavy atom. The van der Waals surface area contributed by atoms with Crippen LogP contribution in [0.5, 0.6) is 0 Å². The van der Waals surface area contributed by atoms with Gasteiger partial charge in [-0.2, -0.15) is 0 Å². The molecular formula is C12H9ClN2O4S. The molecule has 0 atom stereocenters. The summed E-state index contributed by atoms with van der Waals surface area (Å²) in [5.74, 6) is 0. The largest absolute Gasteiger partial charge is 0.253 e. The van der Waals surface area contributed by atoms with E-state index in [-0.39, 0.29) is 0 Å². The minimum atomic E-state index is -4.94. The van der Waals surface area contributed by atoms with Gasteiger partial charge in [0.05, 0.1) is 0 Å². The lowest BCUT2D eigenvalue weighted by atomic mass is 10.3. The molecule has 8 heteroatoms. The number of halogens is 1. The smallest absolute Gasteiger partial charge is 0.222 e. The third-order valence-electron chi connectivity index (χ3n) is 2.23. The average molecular weight is 313 g/mol. The molecule has 0 saturated carbocycles. The summed E-state index contributed by atoms with van der Waals surface area (Å²) >= 11 is 1.66. The van der Waals surface area contributed by atoms with Crippen LogP contribution in [0, 0.1) is 10.2 Å². The SMILES string of the molecule is [O-][Cl+3]([O-])([O-])[O-].c1ccc(-[n+]2nc3ccccc3s2)cc1. The summed E-state index contributed by atoms with van der Waals surface area (Å²) in [6, 6.07) is 18.3.